The lowest BCUT2D eigenvalue weighted by atomic mass is 9.96. The fraction of sp³-hybridized carbons (Fsp3) is 0.105. The van der Waals surface area contributed by atoms with E-state index in [1.165, 1.54) is 12.1 Å². The van der Waals surface area contributed by atoms with Crippen LogP contribution in [0.5, 0.6) is 0 Å². The summed E-state index contributed by atoms with van der Waals surface area (Å²) < 4.78 is 39.6. The van der Waals surface area contributed by atoms with E-state index in [1.54, 1.807) is 30.5 Å². The minimum Gasteiger partial charge on any atom is -0.256 e. The van der Waals surface area contributed by atoms with E-state index in [1.807, 2.05) is 25.1 Å². The molecule has 0 saturated heterocycles. The third-order valence-corrected chi connectivity index (χ3v) is 3.69. The minimum absolute atomic E-state index is 0.176. The van der Waals surface area contributed by atoms with Gasteiger partial charge in [0.1, 0.15) is 0 Å². The van der Waals surface area contributed by atoms with Crippen LogP contribution >= 0.6 is 0 Å². The summed E-state index contributed by atoms with van der Waals surface area (Å²) in [6, 6.07) is 16.4. The molecule has 0 unspecified atom stereocenters. The molecule has 1 aromatic heterocycles. The van der Waals surface area contributed by atoms with E-state index in [0.717, 1.165) is 22.9 Å². The molecule has 23 heavy (non-hydrogen) atoms. The van der Waals surface area contributed by atoms with Gasteiger partial charge in [-0.05, 0) is 41.8 Å². The normalized spacial score (nSPS) is 11.5. The number of hydrogen-bond donors (Lipinski definition) is 0. The Kier molecular flexibility index (Phi) is 3.90. The summed E-state index contributed by atoms with van der Waals surface area (Å²) in [7, 11) is 0. The second kappa shape index (κ2) is 5.88. The van der Waals surface area contributed by atoms with Crippen molar-refractivity contribution in [1.29, 1.82) is 0 Å². The molecule has 3 rings (SSSR count). The van der Waals surface area contributed by atoms with E-state index in [0.29, 0.717) is 5.56 Å². The summed E-state index contributed by atoms with van der Waals surface area (Å²) in [6.07, 6.45) is -2.70. The van der Waals surface area contributed by atoms with Gasteiger partial charge in [-0.3, -0.25) is 4.98 Å². The lowest BCUT2D eigenvalue weighted by Crippen LogP contribution is -2.06. The number of benzene rings is 2. The minimum atomic E-state index is -4.38. The monoisotopic (exact) mass is 313 g/mol. The molecule has 0 aliphatic carbocycles. The largest absolute Gasteiger partial charge is 0.417 e. The molecule has 0 spiro atoms. The highest BCUT2D eigenvalue weighted by Crippen LogP contribution is 2.37. The maximum atomic E-state index is 13.2. The molecule has 0 fully saturated rings. The molecule has 0 amide bonds. The Morgan fingerprint density at radius 1 is 0.826 bits per heavy atom. The molecule has 0 N–H and O–H groups in total. The summed E-state index contributed by atoms with van der Waals surface area (Å²) in [6.45, 7) is 1.93. The van der Waals surface area contributed by atoms with Gasteiger partial charge in [0.15, 0.2) is 0 Å². The van der Waals surface area contributed by atoms with Crippen LogP contribution in [-0.4, -0.2) is 4.98 Å². The van der Waals surface area contributed by atoms with Gasteiger partial charge in [-0.25, -0.2) is 0 Å². The zero-order valence-electron chi connectivity index (χ0n) is 12.4. The highest BCUT2D eigenvalue weighted by atomic mass is 19.4. The van der Waals surface area contributed by atoms with Crippen LogP contribution in [0.2, 0.25) is 0 Å². The lowest BCUT2D eigenvalue weighted by Gasteiger charge is -2.14. The topological polar surface area (TPSA) is 12.9 Å². The van der Waals surface area contributed by atoms with Crippen LogP contribution in [0.1, 0.15) is 11.1 Å². The summed E-state index contributed by atoms with van der Waals surface area (Å²) in [5, 5.41) is 0. The second-order valence-electron chi connectivity index (χ2n) is 5.29. The molecule has 0 atom stereocenters. The molecule has 1 nitrogen and oxygen atoms in total. The Balaban J connectivity index is 2.14. The molecule has 0 saturated carbocycles. The lowest BCUT2D eigenvalue weighted by molar-refractivity contribution is -0.137. The van der Waals surface area contributed by atoms with Crippen LogP contribution in [0, 0.1) is 6.92 Å². The number of nitrogens with zero attached hydrogens (tertiary/aromatic N) is 1. The van der Waals surface area contributed by atoms with Gasteiger partial charge in [0.05, 0.1) is 11.3 Å². The van der Waals surface area contributed by atoms with Gasteiger partial charge in [0.25, 0.3) is 0 Å². The maximum Gasteiger partial charge on any atom is 0.417 e. The van der Waals surface area contributed by atoms with E-state index in [4.69, 9.17) is 0 Å². The summed E-state index contributed by atoms with van der Waals surface area (Å²) in [4.78, 5) is 4.33. The Morgan fingerprint density at radius 3 is 2.30 bits per heavy atom. The van der Waals surface area contributed by atoms with Crippen LogP contribution in [0.3, 0.4) is 0 Å². The first-order valence-corrected chi connectivity index (χ1v) is 7.15. The SMILES string of the molecule is Cc1cccnc1-c1cccc(-c2ccccc2C(F)(F)F)c1. The molecule has 4 heteroatoms. The standard InChI is InChI=1S/C19H14F3N/c1-13-6-5-11-23-18(13)15-8-4-7-14(12-15)16-9-2-3-10-17(16)19(20,21)22/h2-12H,1H3. The smallest absolute Gasteiger partial charge is 0.256 e. The van der Waals surface area contributed by atoms with Gasteiger partial charge in [0, 0.05) is 11.8 Å². The van der Waals surface area contributed by atoms with Crippen molar-refractivity contribution in [3.05, 3.63) is 78.0 Å². The molecule has 2 aromatic carbocycles. The molecule has 0 aliphatic heterocycles. The summed E-state index contributed by atoms with van der Waals surface area (Å²) in [5.74, 6) is 0. The number of pyridine rings is 1. The highest BCUT2D eigenvalue weighted by Gasteiger charge is 2.33. The van der Waals surface area contributed by atoms with Gasteiger partial charge in [0.2, 0.25) is 0 Å². The molecule has 116 valence electrons. The van der Waals surface area contributed by atoms with E-state index in [2.05, 4.69) is 4.98 Å². The summed E-state index contributed by atoms with van der Waals surface area (Å²) in [5.41, 5.74) is 2.64. The quantitative estimate of drug-likeness (QED) is 0.587. The zero-order chi connectivity index (χ0) is 16.4. The van der Waals surface area contributed by atoms with Gasteiger partial charge < -0.3 is 0 Å². The Labute approximate surface area is 132 Å². The van der Waals surface area contributed by atoms with Crippen molar-refractivity contribution in [2.45, 2.75) is 13.1 Å². The second-order valence-corrected chi connectivity index (χ2v) is 5.29. The molecule has 3 aromatic rings. The predicted octanol–water partition coefficient (Wildman–Crippen LogP) is 5.74. The first-order valence-electron chi connectivity index (χ1n) is 7.15. The van der Waals surface area contributed by atoms with Gasteiger partial charge >= 0.3 is 6.18 Å². The van der Waals surface area contributed by atoms with Crippen molar-refractivity contribution in [2.24, 2.45) is 0 Å². The van der Waals surface area contributed by atoms with E-state index in [-0.39, 0.29) is 5.56 Å². The van der Waals surface area contributed by atoms with Crippen LogP contribution in [-0.2, 0) is 6.18 Å². The van der Waals surface area contributed by atoms with Crippen LogP contribution in [0.25, 0.3) is 22.4 Å². The number of alkyl halides is 3. The third-order valence-electron chi connectivity index (χ3n) is 3.69. The fourth-order valence-corrected chi connectivity index (χ4v) is 2.60. The third kappa shape index (κ3) is 3.11. The maximum absolute atomic E-state index is 13.2. The number of halogens is 3. The number of rotatable bonds is 2. The Bertz CT molecular complexity index is 838. The van der Waals surface area contributed by atoms with Crippen molar-refractivity contribution in [2.75, 3.05) is 0 Å². The molecule has 0 radical (unpaired) electrons. The van der Waals surface area contributed by atoms with Gasteiger partial charge in [-0.1, -0.05) is 42.5 Å². The number of hydrogen-bond acceptors (Lipinski definition) is 1. The fourth-order valence-electron chi connectivity index (χ4n) is 2.60. The average Bonchev–Trinajstić information content (AvgIpc) is 2.55. The molecule has 0 aliphatic rings. The summed E-state index contributed by atoms with van der Waals surface area (Å²) >= 11 is 0. The van der Waals surface area contributed by atoms with Crippen molar-refractivity contribution in [3.8, 4) is 22.4 Å². The van der Waals surface area contributed by atoms with Crippen molar-refractivity contribution in [3.63, 3.8) is 0 Å². The molecule has 0 bridgehead atoms. The molecular formula is C19H14F3N. The number of aromatic nitrogens is 1. The van der Waals surface area contributed by atoms with E-state index < -0.39 is 11.7 Å². The predicted molar refractivity (Wildman–Crippen MR) is 84.8 cm³/mol. The highest BCUT2D eigenvalue weighted by molar-refractivity contribution is 5.74. The first-order chi connectivity index (χ1) is 11.0. The van der Waals surface area contributed by atoms with E-state index >= 15 is 0 Å². The van der Waals surface area contributed by atoms with Gasteiger partial charge in [-0.2, -0.15) is 13.2 Å². The van der Waals surface area contributed by atoms with E-state index in [9.17, 15) is 13.2 Å². The Morgan fingerprint density at radius 2 is 1.57 bits per heavy atom. The van der Waals surface area contributed by atoms with Crippen LogP contribution < -0.4 is 0 Å². The van der Waals surface area contributed by atoms with Crippen LogP contribution in [0.4, 0.5) is 13.2 Å². The average molecular weight is 313 g/mol. The van der Waals surface area contributed by atoms with Crippen molar-refractivity contribution >= 4 is 0 Å². The zero-order valence-corrected chi connectivity index (χ0v) is 12.4. The molecule has 1 heterocycles. The number of aryl methyl sites for hydroxylation is 1. The Hall–Kier alpha value is -2.62. The van der Waals surface area contributed by atoms with Crippen molar-refractivity contribution < 1.29 is 13.2 Å². The van der Waals surface area contributed by atoms with Crippen LogP contribution in [0.15, 0.2) is 66.9 Å². The molecular weight excluding hydrogens is 299 g/mol. The first kappa shape index (κ1) is 15.3. The van der Waals surface area contributed by atoms with Gasteiger partial charge in [-0.15, -0.1) is 0 Å². The van der Waals surface area contributed by atoms with Crippen molar-refractivity contribution in [1.82, 2.24) is 4.98 Å².